The first-order valence-corrected chi connectivity index (χ1v) is 8.15. The standard InChI is InChI=1S/C19H26N2O/c1-8-21-13(5)19(6,7)15-9-14-10(2)11(3)18(22)20-16(14)12(4)17(15)21/h9,13H,8H2,1-7H3,(H,20,22). The highest BCUT2D eigenvalue weighted by Crippen LogP contribution is 2.48. The van der Waals surface area contributed by atoms with Gasteiger partial charge in [0.05, 0.1) is 5.52 Å². The molecule has 0 spiro atoms. The highest BCUT2D eigenvalue weighted by Gasteiger charge is 2.42. The van der Waals surface area contributed by atoms with E-state index in [1.165, 1.54) is 22.2 Å². The first kappa shape index (κ1) is 15.1. The van der Waals surface area contributed by atoms with Crippen LogP contribution in [-0.2, 0) is 5.41 Å². The maximum absolute atomic E-state index is 12.2. The van der Waals surface area contributed by atoms with Crippen LogP contribution in [0, 0.1) is 20.8 Å². The van der Waals surface area contributed by atoms with Crippen LogP contribution in [0.4, 0.5) is 5.69 Å². The Morgan fingerprint density at radius 3 is 2.41 bits per heavy atom. The molecular formula is C19H26N2O. The molecule has 3 rings (SSSR count). The number of hydrogen-bond donors (Lipinski definition) is 1. The van der Waals surface area contributed by atoms with E-state index in [-0.39, 0.29) is 11.0 Å². The van der Waals surface area contributed by atoms with Crippen LogP contribution < -0.4 is 10.5 Å². The van der Waals surface area contributed by atoms with E-state index in [1.54, 1.807) is 0 Å². The predicted molar refractivity (Wildman–Crippen MR) is 94.3 cm³/mol. The van der Waals surface area contributed by atoms with E-state index in [0.717, 1.165) is 23.2 Å². The highest BCUT2D eigenvalue weighted by atomic mass is 16.1. The summed E-state index contributed by atoms with van der Waals surface area (Å²) in [7, 11) is 0. The summed E-state index contributed by atoms with van der Waals surface area (Å²) in [6, 6.07) is 2.76. The second-order valence-electron chi connectivity index (χ2n) is 7.21. The fraction of sp³-hybridized carbons (Fsp3) is 0.526. The minimum atomic E-state index is 0.0291. The van der Waals surface area contributed by atoms with E-state index in [9.17, 15) is 4.79 Å². The molecule has 1 aliphatic heterocycles. The monoisotopic (exact) mass is 298 g/mol. The Kier molecular flexibility index (Phi) is 3.17. The Morgan fingerprint density at radius 1 is 1.18 bits per heavy atom. The number of likely N-dealkylation sites (N-methyl/N-ethyl adjacent to an activating group) is 1. The van der Waals surface area contributed by atoms with Gasteiger partial charge in [-0.25, -0.2) is 0 Å². The lowest BCUT2D eigenvalue weighted by Crippen LogP contribution is -2.38. The molecule has 2 aromatic rings. The van der Waals surface area contributed by atoms with Crippen LogP contribution in [-0.4, -0.2) is 17.6 Å². The lowest BCUT2D eigenvalue weighted by Gasteiger charge is -2.30. The Bertz CT molecular complexity index is 830. The normalized spacial score (nSPS) is 19.8. The molecule has 3 nitrogen and oxygen atoms in total. The van der Waals surface area contributed by atoms with Crippen LogP contribution in [0.1, 0.15) is 49.9 Å². The topological polar surface area (TPSA) is 36.1 Å². The molecule has 118 valence electrons. The minimum absolute atomic E-state index is 0.0291. The molecule has 1 aromatic carbocycles. The molecule has 1 aliphatic rings. The van der Waals surface area contributed by atoms with Crippen LogP contribution in [0.15, 0.2) is 10.9 Å². The largest absolute Gasteiger partial charge is 0.368 e. The average molecular weight is 298 g/mol. The van der Waals surface area contributed by atoms with Gasteiger partial charge in [0.25, 0.3) is 5.56 Å². The zero-order valence-electron chi connectivity index (χ0n) is 14.7. The zero-order valence-corrected chi connectivity index (χ0v) is 14.7. The van der Waals surface area contributed by atoms with Crippen molar-refractivity contribution in [3.8, 4) is 0 Å². The van der Waals surface area contributed by atoms with Gasteiger partial charge in [-0.15, -0.1) is 0 Å². The van der Waals surface area contributed by atoms with Gasteiger partial charge >= 0.3 is 0 Å². The molecule has 0 amide bonds. The first-order valence-electron chi connectivity index (χ1n) is 8.15. The van der Waals surface area contributed by atoms with Crippen molar-refractivity contribution in [1.29, 1.82) is 0 Å². The van der Waals surface area contributed by atoms with Gasteiger partial charge in [0.15, 0.2) is 0 Å². The van der Waals surface area contributed by atoms with Crippen molar-refractivity contribution in [2.24, 2.45) is 0 Å². The fourth-order valence-corrected chi connectivity index (χ4v) is 3.95. The van der Waals surface area contributed by atoms with E-state index in [2.05, 4.69) is 57.5 Å². The molecule has 0 radical (unpaired) electrons. The summed E-state index contributed by atoms with van der Waals surface area (Å²) in [5.74, 6) is 0. The molecule has 1 N–H and O–H groups in total. The van der Waals surface area contributed by atoms with Crippen LogP contribution in [0.5, 0.6) is 0 Å². The number of nitrogens with zero attached hydrogens (tertiary/aromatic N) is 1. The number of nitrogens with one attached hydrogen (secondary N) is 1. The number of H-pyrrole nitrogens is 1. The third-order valence-corrected chi connectivity index (χ3v) is 5.92. The minimum Gasteiger partial charge on any atom is -0.368 e. The highest BCUT2D eigenvalue weighted by molar-refractivity contribution is 5.93. The number of aromatic nitrogens is 1. The van der Waals surface area contributed by atoms with Gasteiger partial charge in [-0.2, -0.15) is 0 Å². The molecule has 1 aromatic heterocycles. The van der Waals surface area contributed by atoms with Crippen LogP contribution in [0.2, 0.25) is 0 Å². The van der Waals surface area contributed by atoms with E-state index in [4.69, 9.17) is 0 Å². The summed E-state index contributed by atoms with van der Waals surface area (Å²) in [6.07, 6.45) is 0. The van der Waals surface area contributed by atoms with Gasteiger partial charge in [-0.3, -0.25) is 4.79 Å². The number of aromatic amines is 1. The van der Waals surface area contributed by atoms with Gasteiger partial charge in [0.2, 0.25) is 0 Å². The second-order valence-corrected chi connectivity index (χ2v) is 7.21. The van der Waals surface area contributed by atoms with Crippen molar-refractivity contribution < 1.29 is 0 Å². The summed E-state index contributed by atoms with van der Waals surface area (Å²) in [4.78, 5) is 17.8. The molecule has 1 unspecified atom stereocenters. The third kappa shape index (κ3) is 1.71. The van der Waals surface area contributed by atoms with Gasteiger partial charge in [0, 0.05) is 34.6 Å². The summed E-state index contributed by atoms with van der Waals surface area (Å²) in [6.45, 7) is 16.2. The molecule has 0 aliphatic carbocycles. The Labute approximate surface area is 132 Å². The van der Waals surface area contributed by atoms with Crippen molar-refractivity contribution in [1.82, 2.24) is 4.98 Å². The fourth-order valence-electron chi connectivity index (χ4n) is 3.95. The first-order chi connectivity index (χ1) is 10.2. The number of rotatable bonds is 1. The van der Waals surface area contributed by atoms with Crippen molar-refractivity contribution in [3.63, 3.8) is 0 Å². The van der Waals surface area contributed by atoms with E-state index in [0.29, 0.717) is 6.04 Å². The number of anilines is 1. The number of hydrogen-bond acceptors (Lipinski definition) is 2. The SMILES string of the molecule is CCN1c2c(cc3c(C)c(C)c(=O)[nH]c3c2C)C(C)(C)C1C. The number of pyridine rings is 1. The van der Waals surface area contributed by atoms with Crippen molar-refractivity contribution in [3.05, 3.63) is 38.7 Å². The van der Waals surface area contributed by atoms with Crippen molar-refractivity contribution >= 4 is 16.6 Å². The van der Waals surface area contributed by atoms with Gasteiger partial charge < -0.3 is 9.88 Å². The molecule has 0 saturated heterocycles. The lowest BCUT2D eigenvalue weighted by molar-refractivity contribution is 0.445. The molecule has 1 atom stereocenters. The Hall–Kier alpha value is -1.77. The van der Waals surface area contributed by atoms with Gasteiger partial charge in [-0.05, 0) is 57.4 Å². The molecule has 0 fully saturated rings. The molecule has 0 saturated carbocycles. The summed E-state index contributed by atoms with van der Waals surface area (Å²) in [5, 5.41) is 1.19. The molecular weight excluding hydrogens is 272 g/mol. The van der Waals surface area contributed by atoms with Gasteiger partial charge in [0.1, 0.15) is 0 Å². The Balaban J connectivity index is 2.49. The number of aryl methyl sites for hydroxylation is 2. The molecule has 22 heavy (non-hydrogen) atoms. The number of fused-ring (bicyclic) bond motifs is 2. The van der Waals surface area contributed by atoms with Gasteiger partial charge in [-0.1, -0.05) is 13.8 Å². The zero-order chi connectivity index (χ0) is 16.4. The quantitative estimate of drug-likeness (QED) is 0.865. The second kappa shape index (κ2) is 4.61. The average Bonchev–Trinajstić information content (AvgIpc) is 2.66. The van der Waals surface area contributed by atoms with Crippen LogP contribution >= 0.6 is 0 Å². The molecule has 2 heterocycles. The molecule has 3 heteroatoms. The summed E-state index contributed by atoms with van der Waals surface area (Å²) >= 11 is 0. The summed E-state index contributed by atoms with van der Waals surface area (Å²) < 4.78 is 0. The summed E-state index contributed by atoms with van der Waals surface area (Å²) in [5.41, 5.74) is 6.98. The smallest absolute Gasteiger partial charge is 0.251 e. The maximum Gasteiger partial charge on any atom is 0.251 e. The van der Waals surface area contributed by atoms with E-state index >= 15 is 0 Å². The van der Waals surface area contributed by atoms with Crippen LogP contribution in [0.25, 0.3) is 10.9 Å². The maximum atomic E-state index is 12.2. The predicted octanol–water partition coefficient (Wildman–Crippen LogP) is 3.96. The Morgan fingerprint density at radius 2 is 1.82 bits per heavy atom. The number of benzene rings is 1. The van der Waals surface area contributed by atoms with E-state index in [1.807, 2.05) is 6.92 Å². The third-order valence-electron chi connectivity index (χ3n) is 5.92. The van der Waals surface area contributed by atoms with Crippen molar-refractivity contribution in [2.75, 3.05) is 11.4 Å². The lowest BCUT2D eigenvalue weighted by atomic mass is 9.80. The van der Waals surface area contributed by atoms with E-state index < -0.39 is 0 Å². The molecule has 0 bridgehead atoms. The van der Waals surface area contributed by atoms with Crippen molar-refractivity contribution in [2.45, 2.75) is 59.9 Å². The van der Waals surface area contributed by atoms with Crippen LogP contribution in [0.3, 0.4) is 0 Å².